The second-order valence-corrected chi connectivity index (χ2v) is 10.8. The highest BCUT2D eigenvalue weighted by atomic mass is 28.4. The maximum absolute atomic E-state index is 10.3. The first kappa shape index (κ1) is 17.3. The Kier molecular flexibility index (Phi) is 6.81. The van der Waals surface area contributed by atoms with Gasteiger partial charge < -0.3 is 14.3 Å². The zero-order valence-corrected chi connectivity index (χ0v) is 13.2. The first-order chi connectivity index (χ1) is 8.10. The predicted molar refractivity (Wildman–Crippen MR) is 75.3 cm³/mol. The molecular formula is C13H26O4Si. The molecule has 106 valence electrons. The zero-order chi connectivity index (χ0) is 14.4. The molecule has 0 bridgehead atoms. The number of rotatable bonds is 8. The molecule has 0 saturated heterocycles. The van der Waals surface area contributed by atoms with Crippen LogP contribution < -0.4 is 0 Å². The Hall–Kier alpha value is -0.653. The molecule has 0 aromatic carbocycles. The molecule has 4 nitrogen and oxygen atoms in total. The molecule has 0 radical (unpaired) electrons. The summed E-state index contributed by atoms with van der Waals surface area (Å²) in [4.78, 5) is 10.3. The van der Waals surface area contributed by atoms with Crippen LogP contribution in [0.3, 0.4) is 0 Å². The zero-order valence-electron chi connectivity index (χ0n) is 12.2. The third kappa shape index (κ3) is 6.33. The van der Waals surface area contributed by atoms with Crippen molar-refractivity contribution in [3.8, 4) is 0 Å². The number of carboxylic acids is 1. The fraction of sp³-hybridized carbons (Fsp3) is 0.769. The number of carbonyl (C=O) groups is 1. The standard InChI is InChI=1S/C13H26O4Si/c1-7-11(8-16-10-12(14)15)9-17-18(5,6)13(2,3)4/h7,11H,1,8-10H2,2-6H3,(H,14,15). The fourth-order valence-corrected chi connectivity index (χ4v) is 2.08. The smallest absolute Gasteiger partial charge is 0.329 e. The van der Waals surface area contributed by atoms with Crippen molar-refractivity contribution in [1.29, 1.82) is 0 Å². The minimum absolute atomic E-state index is 0.0403. The van der Waals surface area contributed by atoms with Gasteiger partial charge in [-0.05, 0) is 18.1 Å². The van der Waals surface area contributed by atoms with E-state index in [4.69, 9.17) is 14.3 Å². The monoisotopic (exact) mass is 274 g/mol. The Labute approximate surface area is 111 Å². The topological polar surface area (TPSA) is 55.8 Å². The average Bonchev–Trinajstić information content (AvgIpc) is 2.20. The molecule has 0 aromatic heterocycles. The average molecular weight is 274 g/mol. The summed E-state index contributed by atoms with van der Waals surface area (Å²) in [7, 11) is -1.76. The Morgan fingerprint density at radius 2 is 1.94 bits per heavy atom. The molecule has 0 aliphatic heterocycles. The van der Waals surface area contributed by atoms with Gasteiger partial charge in [0, 0.05) is 12.5 Å². The summed E-state index contributed by atoms with van der Waals surface area (Å²) in [5.41, 5.74) is 0. The minimum Gasteiger partial charge on any atom is -0.480 e. The molecule has 0 rings (SSSR count). The largest absolute Gasteiger partial charge is 0.480 e. The quantitative estimate of drug-likeness (QED) is 0.546. The molecule has 1 N–H and O–H groups in total. The number of hydrogen-bond donors (Lipinski definition) is 1. The van der Waals surface area contributed by atoms with Crippen LogP contribution >= 0.6 is 0 Å². The highest BCUT2D eigenvalue weighted by molar-refractivity contribution is 6.74. The van der Waals surface area contributed by atoms with Gasteiger partial charge in [-0.1, -0.05) is 26.8 Å². The third-order valence-corrected chi connectivity index (χ3v) is 7.86. The van der Waals surface area contributed by atoms with E-state index in [2.05, 4.69) is 40.4 Å². The van der Waals surface area contributed by atoms with E-state index in [1.807, 2.05) is 0 Å². The van der Waals surface area contributed by atoms with Gasteiger partial charge in [0.05, 0.1) is 6.61 Å². The summed E-state index contributed by atoms with van der Waals surface area (Å²) in [5.74, 6) is -0.915. The van der Waals surface area contributed by atoms with Crippen molar-refractivity contribution in [2.75, 3.05) is 19.8 Å². The van der Waals surface area contributed by atoms with Crippen LogP contribution in [0.5, 0.6) is 0 Å². The van der Waals surface area contributed by atoms with Crippen molar-refractivity contribution < 1.29 is 19.1 Å². The van der Waals surface area contributed by atoms with Gasteiger partial charge in [-0.25, -0.2) is 4.79 Å². The molecular weight excluding hydrogens is 248 g/mol. The lowest BCUT2D eigenvalue weighted by molar-refractivity contribution is -0.142. The minimum atomic E-state index is -1.76. The Morgan fingerprint density at radius 1 is 1.39 bits per heavy atom. The van der Waals surface area contributed by atoms with Gasteiger partial charge in [-0.2, -0.15) is 0 Å². The van der Waals surface area contributed by atoms with Crippen LogP contribution in [0.1, 0.15) is 20.8 Å². The van der Waals surface area contributed by atoms with E-state index in [1.165, 1.54) is 0 Å². The van der Waals surface area contributed by atoms with Crippen LogP contribution in [0, 0.1) is 5.92 Å². The van der Waals surface area contributed by atoms with Crippen molar-refractivity contribution in [3.63, 3.8) is 0 Å². The van der Waals surface area contributed by atoms with Gasteiger partial charge in [0.25, 0.3) is 0 Å². The van der Waals surface area contributed by atoms with Crippen LogP contribution in [0.2, 0.25) is 18.1 Å². The second kappa shape index (κ2) is 7.06. The Balaban J connectivity index is 4.15. The lowest BCUT2D eigenvalue weighted by atomic mass is 10.2. The number of carboxylic acid groups (broad SMARTS) is 1. The molecule has 1 unspecified atom stereocenters. The summed E-state index contributed by atoms with van der Waals surface area (Å²) < 4.78 is 11.1. The van der Waals surface area contributed by atoms with Crippen molar-refractivity contribution in [2.45, 2.75) is 38.9 Å². The summed E-state index contributed by atoms with van der Waals surface area (Å²) in [6.45, 7) is 15.3. The van der Waals surface area contributed by atoms with Crippen LogP contribution in [-0.4, -0.2) is 39.2 Å². The first-order valence-electron chi connectivity index (χ1n) is 6.16. The van der Waals surface area contributed by atoms with Gasteiger partial charge in [0.2, 0.25) is 0 Å². The molecule has 5 heteroatoms. The highest BCUT2D eigenvalue weighted by Crippen LogP contribution is 2.36. The molecule has 0 aliphatic rings. The summed E-state index contributed by atoms with van der Waals surface area (Å²) in [5, 5.41) is 8.66. The molecule has 0 aromatic rings. The third-order valence-electron chi connectivity index (χ3n) is 3.36. The van der Waals surface area contributed by atoms with Crippen LogP contribution in [-0.2, 0) is 14.0 Å². The van der Waals surface area contributed by atoms with Crippen molar-refractivity contribution >= 4 is 14.3 Å². The lowest BCUT2D eigenvalue weighted by Crippen LogP contribution is -2.42. The maximum Gasteiger partial charge on any atom is 0.329 e. The fourth-order valence-electron chi connectivity index (χ4n) is 1.01. The maximum atomic E-state index is 10.3. The second-order valence-electron chi connectivity index (χ2n) is 5.98. The molecule has 0 heterocycles. The van der Waals surface area contributed by atoms with Crippen molar-refractivity contribution in [3.05, 3.63) is 12.7 Å². The van der Waals surface area contributed by atoms with E-state index in [1.54, 1.807) is 6.08 Å². The van der Waals surface area contributed by atoms with Crippen LogP contribution in [0.4, 0.5) is 0 Å². The predicted octanol–water partition coefficient (Wildman–Crippen LogP) is 2.91. The van der Waals surface area contributed by atoms with Crippen molar-refractivity contribution in [1.82, 2.24) is 0 Å². The molecule has 1 atom stereocenters. The van der Waals surface area contributed by atoms with Crippen molar-refractivity contribution in [2.24, 2.45) is 5.92 Å². The Bertz CT molecular complexity index is 281. The molecule has 0 spiro atoms. The van der Waals surface area contributed by atoms with Gasteiger partial charge in [-0.15, -0.1) is 6.58 Å². The van der Waals surface area contributed by atoms with Gasteiger partial charge in [0.15, 0.2) is 8.32 Å². The highest BCUT2D eigenvalue weighted by Gasteiger charge is 2.37. The van der Waals surface area contributed by atoms with E-state index in [0.29, 0.717) is 13.2 Å². The van der Waals surface area contributed by atoms with E-state index in [9.17, 15) is 4.79 Å². The van der Waals surface area contributed by atoms with Crippen LogP contribution in [0.25, 0.3) is 0 Å². The molecule has 0 fully saturated rings. The van der Waals surface area contributed by atoms with E-state index >= 15 is 0 Å². The van der Waals surface area contributed by atoms with Gasteiger partial charge >= 0.3 is 5.97 Å². The summed E-state index contributed by atoms with van der Waals surface area (Å²) in [6, 6.07) is 0. The normalized spacial score (nSPS) is 14.3. The summed E-state index contributed by atoms with van der Waals surface area (Å²) in [6.07, 6.45) is 1.76. The SMILES string of the molecule is C=CC(COCC(=O)O)CO[Si](C)(C)C(C)(C)C. The summed E-state index contributed by atoms with van der Waals surface area (Å²) >= 11 is 0. The van der Waals surface area contributed by atoms with E-state index < -0.39 is 14.3 Å². The number of hydrogen-bond acceptors (Lipinski definition) is 3. The molecule has 0 saturated carbocycles. The van der Waals surface area contributed by atoms with Gasteiger partial charge in [0.1, 0.15) is 6.61 Å². The number of aliphatic carboxylic acids is 1. The number of ether oxygens (including phenoxy) is 1. The van der Waals surface area contributed by atoms with E-state index in [0.717, 1.165) is 0 Å². The Morgan fingerprint density at radius 3 is 2.33 bits per heavy atom. The molecule has 18 heavy (non-hydrogen) atoms. The van der Waals surface area contributed by atoms with Crippen LogP contribution in [0.15, 0.2) is 12.7 Å². The lowest BCUT2D eigenvalue weighted by Gasteiger charge is -2.37. The van der Waals surface area contributed by atoms with E-state index in [-0.39, 0.29) is 17.6 Å². The first-order valence-corrected chi connectivity index (χ1v) is 9.07. The molecule has 0 aliphatic carbocycles. The van der Waals surface area contributed by atoms with Gasteiger partial charge in [-0.3, -0.25) is 0 Å². The molecule has 0 amide bonds.